The minimum absolute atomic E-state index is 0.0155. The molecule has 9 heteroatoms. The highest BCUT2D eigenvalue weighted by Gasteiger charge is 2.10. The molecule has 2 rings (SSSR count). The first kappa shape index (κ1) is 15.2. The van der Waals surface area contributed by atoms with Crippen LogP contribution >= 0.6 is 15.9 Å². The Balaban J connectivity index is 1.78. The third kappa shape index (κ3) is 4.42. The Morgan fingerprint density at radius 3 is 3.00 bits per heavy atom. The maximum absolute atomic E-state index is 11.9. The molecule has 21 heavy (non-hydrogen) atoms. The van der Waals surface area contributed by atoms with Gasteiger partial charge in [-0.05, 0) is 22.0 Å². The van der Waals surface area contributed by atoms with Gasteiger partial charge in [-0.25, -0.2) is 4.98 Å². The third-order valence-corrected chi connectivity index (χ3v) is 3.39. The van der Waals surface area contributed by atoms with Gasteiger partial charge in [0.05, 0.1) is 12.6 Å². The molecule has 0 unspecified atom stereocenters. The predicted octanol–water partition coefficient (Wildman–Crippen LogP) is 0.368. The molecule has 0 saturated carbocycles. The largest absolute Gasteiger partial charge is 0.354 e. The summed E-state index contributed by atoms with van der Waals surface area (Å²) in [5.41, 5.74) is 0.523. The van der Waals surface area contributed by atoms with Crippen LogP contribution in [0.1, 0.15) is 5.69 Å². The summed E-state index contributed by atoms with van der Waals surface area (Å²) >= 11 is 3.07. The van der Waals surface area contributed by atoms with E-state index < -0.39 is 0 Å². The third-order valence-electron chi connectivity index (χ3n) is 2.82. The van der Waals surface area contributed by atoms with E-state index in [0.29, 0.717) is 23.5 Å². The van der Waals surface area contributed by atoms with Crippen LogP contribution in [0.3, 0.4) is 0 Å². The zero-order valence-electron chi connectivity index (χ0n) is 11.4. The molecule has 3 N–H and O–H groups in total. The fourth-order valence-corrected chi connectivity index (χ4v) is 1.82. The van der Waals surface area contributed by atoms with Gasteiger partial charge in [-0.2, -0.15) is 5.10 Å². The number of carbonyl (C=O) groups excluding carboxylic acids is 1. The lowest BCUT2D eigenvalue weighted by atomic mass is 10.3. The summed E-state index contributed by atoms with van der Waals surface area (Å²) in [6.07, 6.45) is 3.32. The number of aromatic amines is 2. The monoisotopic (exact) mass is 354 g/mol. The first-order chi connectivity index (χ1) is 10.1. The highest BCUT2D eigenvalue weighted by Crippen LogP contribution is 2.01. The summed E-state index contributed by atoms with van der Waals surface area (Å²) in [6.45, 7) is 0.975. The van der Waals surface area contributed by atoms with Crippen LogP contribution in [-0.4, -0.2) is 51.1 Å². The highest BCUT2D eigenvalue weighted by atomic mass is 79.9. The van der Waals surface area contributed by atoms with Gasteiger partial charge in [-0.15, -0.1) is 0 Å². The van der Waals surface area contributed by atoms with Crippen molar-refractivity contribution in [2.75, 3.05) is 25.5 Å². The van der Waals surface area contributed by atoms with Crippen molar-refractivity contribution in [1.82, 2.24) is 25.1 Å². The number of amides is 1. The van der Waals surface area contributed by atoms with Crippen LogP contribution in [0.25, 0.3) is 0 Å². The van der Waals surface area contributed by atoms with Gasteiger partial charge in [0.15, 0.2) is 0 Å². The van der Waals surface area contributed by atoms with Gasteiger partial charge in [0, 0.05) is 32.0 Å². The lowest BCUT2D eigenvalue weighted by molar-refractivity contribution is -0.129. The first-order valence-corrected chi connectivity index (χ1v) is 7.06. The number of hydrogen-bond donors (Lipinski definition) is 3. The van der Waals surface area contributed by atoms with Crippen molar-refractivity contribution >= 4 is 27.8 Å². The number of likely N-dealkylation sites (N-methyl/N-ethyl adjacent to an activating group) is 1. The van der Waals surface area contributed by atoms with Gasteiger partial charge in [0.25, 0.3) is 5.56 Å². The fraction of sp³-hybridized carbons (Fsp3) is 0.333. The molecule has 0 radical (unpaired) electrons. The molecule has 1 amide bonds. The minimum atomic E-state index is -0.254. The number of rotatable bonds is 6. The van der Waals surface area contributed by atoms with Crippen LogP contribution in [0.4, 0.5) is 5.95 Å². The maximum atomic E-state index is 11.9. The van der Waals surface area contributed by atoms with Crippen LogP contribution in [-0.2, 0) is 11.2 Å². The van der Waals surface area contributed by atoms with Crippen LogP contribution in [0.2, 0.25) is 0 Å². The number of carbonyl (C=O) groups is 1. The Hall–Kier alpha value is -2.16. The number of nitrogens with one attached hydrogen (secondary N) is 3. The van der Waals surface area contributed by atoms with Crippen LogP contribution < -0.4 is 10.9 Å². The van der Waals surface area contributed by atoms with Gasteiger partial charge in [-0.1, -0.05) is 0 Å². The number of hydrogen-bond acceptors (Lipinski definition) is 5. The first-order valence-electron chi connectivity index (χ1n) is 6.27. The van der Waals surface area contributed by atoms with E-state index in [9.17, 15) is 9.59 Å². The van der Waals surface area contributed by atoms with E-state index >= 15 is 0 Å². The van der Waals surface area contributed by atoms with Crippen molar-refractivity contribution < 1.29 is 4.79 Å². The summed E-state index contributed by atoms with van der Waals surface area (Å²) in [5.74, 6) is 0.357. The normalized spacial score (nSPS) is 10.4. The minimum Gasteiger partial charge on any atom is -0.354 e. The lowest BCUT2D eigenvalue weighted by Crippen LogP contribution is -2.33. The second kappa shape index (κ2) is 7.02. The molecule has 0 spiro atoms. The van der Waals surface area contributed by atoms with Crippen molar-refractivity contribution in [1.29, 1.82) is 0 Å². The Labute approximate surface area is 129 Å². The predicted molar refractivity (Wildman–Crippen MR) is 81.0 cm³/mol. The van der Waals surface area contributed by atoms with Crippen LogP contribution in [0.15, 0.2) is 27.7 Å². The van der Waals surface area contributed by atoms with Gasteiger partial charge >= 0.3 is 0 Å². The molecular weight excluding hydrogens is 340 g/mol. The van der Waals surface area contributed by atoms with E-state index in [-0.39, 0.29) is 17.9 Å². The standard InChI is InChI=1S/C12H15BrN6O2/c1-19(10(20)6-8-2-3-16-18-8)5-4-14-12-15-7-9(13)11(21)17-12/h2-3,7H,4-6H2,1H3,(H,16,18)(H2,14,15,17,21). The topological polar surface area (TPSA) is 107 Å². The van der Waals surface area contributed by atoms with E-state index in [0.717, 1.165) is 5.69 Å². The van der Waals surface area contributed by atoms with Gasteiger partial charge in [-0.3, -0.25) is 19.7 Å². The van der Waals surface area contributed by atoms with Crippen molar-refractivity contribution in [3.8, 4) is 0 Å². The van der Waals surface area contributed by atoms with Crippen molar-refractivity contribution in [2.45, 2.75) is 6.42 Å². The number of aromatic nitrogens is 4. The van der Waals surface area contributed by atoms with Crippen molar-refractivity contribution in [2.24, 2.45) is 0 Å². The molecule has 8 nitrogen and oxygen atoms in total. The summed E-state index contributed by atoms with van der Waals surface area (Å²) < 4.78 is 0.375. The molecule has 0 atom stereocenters. The number of nitrogens with zero attached hydrogens (tertiary/aromatic N) is 3. The number of anilines is 1. The molecule has 112 valence electrons. The Morgan fingerprint density at radius 1 is 1.52 bits per heavy atom. The molecule has 0 bridgehead atoms. The van der Waals surface area contributed by atoms with E-state index in [1.54, 1.807) is 24.2 Å². The summed E-state index contributed by atoms with van der Waals surface area (Å²) in [4.78, 5) is 31.5. The Kier molecular flexibility index (Phi) is 5.09. The van der Waals surface area contributed by atoms with Gasteiger partial charge in [0.2, 0.25) is 11.9 Å². The molecule has 2 aromatic heterocycles. The van der Waals surface area contributed by atoms with Gasteiger partial charge in [0.1, 0.15) is 4.47 Å². The molecule has 0 aliphatic rings. The van der Waals surface area contributed by atoms with Gasteiger partial charge < -0.3 is 10.2 Å². The molecule has 0 fully saturated rings. The van der Waals surface area contributed by atoms with Crippen LogP contribution in [0.5, 0.6) is 0 Å². The second-order valence-electron chi connectivity index (χ2n) is 4.41. The van der Waals surface area contributed by atoms with E-state index in [4.69, 9.17) is 0 Å². The van der Waals surface area contributed by atoms with Crippen molar-refractivity contribution in [3.63, 3.8) is 0 Å². The fourth-order valence-electron chi connectivity index (χ4n) is 1.62. The van der Waals surface area contributed by atoms with Crippen LogP contribution in [0, 0.1) is 0 Å². The zero-order chi connectivity index (χ0) is 15.2. The lowest BCUT2D eigenvalue weighted by Gasteiger charge is -2.17. The molecule has 2 aromatic rings. The Bertz CT molecular complexity index is 654. The SMILES string of the molecule is CN(CCNc1ncc(Br)c(=O)[nH]1)C(=O)Cc1ccn[nH]1. The van der Waals surface area contributed by atoms with Crippen molar-refractivity contribution in [3.05, 3.63) is 39.0 Å². The van der Waals surface area contributed by atoms with E-state index in [1.807, 2.05) is 0 Å². The second-order valence-corrected chi connectivity index (χ2v) is 5.26. The highest BCUT2D eigenvalue weighted by molar-refractivity contribution is 9.10. The quantitative estimate of drug-likeness (QED) is 0.694. The molecule has 0 saturated heterocycles. The molecule has 2 heterocycles. The average Bonchev–Trinajstić information content (AvgIpc) is 2.95. The molecule has 0 aliphatic heterocycles. The molecule has 0 aromatic carbocycles. The summed E-state index contributed by atoms with van der Waals surface area (Å²) in [6, 6.07) is 1.76. The number of halogens is 1. The van der Waals surface area contributed by atoms with E-state index in [2.05, 4.69) is 41.4 Å². The molecule has 0 aliphatic carbocycles. The summed E-state index contributed by atoms with van der Waals surface area (Å²) in [7, 11) is 1.72. The smallest absolute Gasteiger partial charge is 0.266 e. The number of H-pyrrole nitrogens is 2. The Morgan fingerprint density at radius 2 is 2.33 bits per heavy atom. The summed E-state index contributed by atoms with van der Waals surface area (Å²) in [5, 5.41) is 9.50. The van der Waals surface area contributed by atoms with E-state index in [1.165, 1.54) is 6.20 Å². The maximum Gasteiger partial charge on any atom is 0.266 e. The zero-order valence-corrected chi connectivity index (χ0v) is 13.0. The molecular formula is C12H15BrN6O2. The average molecular weight is 355 g/mol.